The fourth-order valence-electron chi connectivity index (χ4n) is 2.01. The van der Waals surface area contributed by atoms with Gasteiger partial charge in [-0.2, -0.15) is 0 Å². The second-order valence-corrected chi connectivity index (χ2v) is 7.47. The summed E-state index contributed by atoms with van der Waals surface area (Å²) in [7, 11) is 0. The summed E-state index contributed by atoms with van der Waals surface area (Å²) in [6, 6.07) is 0. The Labute approximate surface area is 132 Å². The molecule has 6 heteroatoms. The molecule has 1 aliphatic heterocycles. The summed E-state index contributed by atoms with van der Waals surface area (Å²) in [5.41, 5.74) is -0.183. The molecule has 1 saturated heterocycles. The third kappa shape index (κ3) is 7.43. The number of aliphatic imine (C=N–C) groups is 1. The zero-order chi connectivity index (χ0) is 17.0. The highest BCUT2D eigenvalue weighted by atomic mass is 16.6. The van der Waals surface area contributed by atoms with Gasteiger partial charge < -0.3 is 14.4 Å². The van der Waals surface area contributed by atoms with Crippen LogP contribution in [0.25, 0.3) is 0 Å². The minimum absolute atomic E-state index is 0.00520. The highest BCUT2D eigenvalue weighted by molar-refractivity contribution is 5.91. The summed E-state index contributed by atoms with van der Waals surface area (Å²) >= 11 is 0. The first-order valence-corrected chi connectivity index (χ1v) is 7.68. The van der Waals surface area contributed by atoms with Gasteiger partial charge >= 0.3 is 12.1 Å². The lowest BCUT2D eigenvalue weighted by Crippen LogP contribution is -2.43. The van der Waals surface area contributed by atoms with Gasteiger partial charge in [0.1, 0.15) is 17.7 Å². The second kappa shape index (κ2) is 7.11. The molecule has 1 aliphatic rings. The van der Waals surface area contributed by atoms with Crippen molar-refractivity contribution in [1.82, 2.24) is 4.90 Å². The Morgan fingerprint density at radius 2 is 1.68 bits per heavy atom. The van der Waals surface area contributed by atoms with Gasteiger partial charge in [-0.1, -0.05) is 0 Å². The van der Waals surface area contributed by atoms with Gasteiger partial charge in [-0.15, -0.1) is 0 Å². The molecule has 1 fully saturated rings. The quantitative estimate of drug-likeness (QED) is 0.735. The highest BCUT2D eigenvalue weighted by Crippen LogP contribution is 2.14. The molecule has 0 saturated carbocycles. The minimum Gasteiger partial charge on any atom is -0.459 e. The molecule has 0 N–H and O–H groups in total. The molecule has 1 amide bonds. The summed E-state index contributed by atoms with van der Waals surface area (Å²) in [5, 5.41) is 0. The van der Waals surface area contributed by atoms with Crippen molar-refractivity contribution in [2.45, 2.75) is 65.6 Å². The van der Waals surface area contributed by atoms with Crippen molar-refractivity contribution < 1.29 is 19.1 Å². The summed E-state index contributed by atoms with van der Waals surface area (Å²) in [6.45, 7) is 12.0. The van der Waals surface area contributed by atoms with Crippen LogP contribution in [0.5, 0.6) is 0 Å². The standard InChI is InChI=1S/C16H28N2O4/c1-15(2,3)21-13(19)10-17-12-8-7-9-18(11-12)14(20)22-16(4,5)6/h7-11H2,1-6H3. The second-order valence-electron chi connectivity index (χ2n) is 7.47. The molecular weight excluding hydrogens is 284 g/mol. The first-order chi connectivity index (χ1) is 9.96. The largest absolute Gasteiger partial charge is 0.459 e. The molecule has 0 radical (unpaired) electrons. The van der Waals surface area contributed by atoms with Crippen LogP contribution >= 0.6 is 0 Å². The molecule has 6 nitrogen and oxygen atoms in total. The van der Waals surface area contributed by atoms with Crippen molar-refractivity contribution in [3.05, 3.63) is 0 Å². The Kier molecular flexibility index (Phi) is 5.97. The van der Waals surface area contributed by atoms with Gasteiger partial charge in [0, 0.05) is 12.3 Å². The summed E-state index contributed by atoms with van der Waals surface area (Å²) < 4.78 is 10.6. The van der Waals surface area contributed by atoms with Gasteiger partial charge in [-0.3, -0.25) is 9.79 Å². The number of hydrogen-bond acceptors (Lipinski definition) is 5. The Hall–Kier alpha value is -1.59. The van der Waals surface area contributed by atoms with Crippen LogP contribution in [0.15, 0.2) is 4.99 Å². The first kappa shape index (κ1) is 18.5. The molecule has 0 aromatic rings. The third-order valence-electron chi connectivity index (χ3n) is 2.77. The van der Waals surface area contributed by atoms with E-state index in [4.69, 9.17) is 9.47 Å². The van der Waals surface area contributed by atoms with Gasteiger partial charge in [0.25, 0.3) is 0 Å². The Balaban J connectivity index is 2.54. The number of ether oxygens (including phenoxy) is 2. The SMILES string of the molecule is CC(C)(C)OC(=O)CN=C1CCCN(C(=O)OC(C)(C)C)C1. The molecule has 0 bridgehead atoms. The summed E-state index contributed by atoms with van der Waals surface area (Å²) in [5.74, 6) is -0.352. The number of amides is 1. The maximum atomic E-state index is 12.0. The molecular formula is C16H28N2O4. The van der Waals surface area contributed by atoms with Crippen LogP contribution in [-0.4, -0.2) is 53.5 Å². The molecule has 126 valence electrons. The number of carbonyl (C=O) groups is 2. The van der Waals surface area contributed by atoms with Crippen molar-refractivity contribution in [2.24, 2.45) is 4.99 Å². The van der Waals surface area contributed by atoms with Crippen LogP contribution in [0.1, 0.15) is 54.4 Å². The van der Waals surface area contributed by atoms with Gasteiger partial charge in [0.15, 0.2) is 0 Å². The Morgan fingerprint density at radius 1 is 1.09 bits per heavy atom. The van der Waals surface area contributed by atoms with Crippen LogP contribution in [-0.2, 0) is 14.3 Å². The number of esters is 1. The number of rotatable bonds is 2. The summed E-state index contributed by atoms with van der Waals surface area (Å²) in [4.78, 5) is 29.6. The van der Waals surface area contributed by atoms with Crippen LogP contribution in [0.3, 0.4) is 0 Å². The van der Waals surface area contributed by atoms with E-state index in [2.05, 4.69) is 4.99 Å². The van der Waals surface area contributed by atoms with Gasteiger partial charge in [0.05, 0.1) is 6.54 Å². The number of nitrogens with zero attached hydrogens (tertiary/aromatic N) is 2. The molecule has 0 unspecified atom stereocenters. The maximum Gasteiger partial charge on any atom is 0.410 e. The Bertz CT molecular complexity index is 444. The monoisotopic (exact) mass is 312 g/mol. The molecule has 0 aromatic carbocycles. The molecule has 0 spiro atoms. The predicted molar refractivity (Wildman–Crippen MR) is 85.2 cm³/mol. The number of likely N-dealkylation sites (tertiary alicyclic amines) is 1. The van der Waals surface area contributed by atoms with Gasteiger partial charge in [-0.05, 0) is 54.4 Å². The van der Waals surface area contributed by atoms with Crippen molar-refractivity contribution in [3.63, 3.8) is 0 Å². The molecule has 1 heterocycles. The van der Waals surface area contributed by atoms with Crippen molar-refractivity contribution >= 4 is 17.8 Å². The van der Waals surface area contributed by atoms with E-state index in [1.807, 2.05) is 41.5 Å². The zero-order valence-electron chi connectivity index (χ0n) is 14.6. The van der Waals surface area contributed by atoms with E-state index < -0.39 is 11.2 Å². The van der Waals surface area contributed by atoms with Crippen molar-refractivity contribution in [3.8, 4) is 0 Å². The van der Waals surface area contributed by atoms with E-state index in [9.17, 15) is 9.59 Å². The highest BCUT2D eigenvalue weighted by Gasteiger charge is 2.25. The Morgan fingerprint density at radius 3 is 2.23 bits per heavy atom. The molecule has 0 aliphatic carbocycles. The predicted octanol–water partition coefficient (Wildman–Crippen LogP) is 2.80. The maximum absolute atomic E-state index is 12.0. The van der Waals surface area contributed by atoms with Crippen LogP contribution in [0.2, 0.25) is 0 Å². The van der Waals surface area contributed by atoms with E-state index in [0.29, 0.717) is 13.1 Å². The smallest absolute Gasteiger partial charge is 0.410 e. The lowest BCUT2D eigenvalue weighted by Gasteiger charge is -2.30. The molecule has 0 aromatic heterocycles. The first-order valence-electron chi connectivity index (χ1n) is 7.68. The number of hydrogen-bond donors (Lipinski definition) is 0. The number of piperidine rings is 1. The summed E-state index contributed by atoms with van der Waals surface area (Å²) in [6.07, 6.45) is 1.28. The lowest BCUT2D eigenvalue weighted by atomic mass is 10.1. The average molecular weight is 312 g/mol. The average Bonchev–Trinajstić information content (AvgIpc) is 2.32. The van der Waals surface area contributed by atoms with Crippen molar-refractivity contribution in [2.75, 3.05) is 19.6 Å². The normalized spacial score (nSPS) is 18.3. The van der Waals surface area contributed by atoms with Crippen LogP contribution in [0, 0.1) is 0 Å². The fraction of sp³-hybridized carbons (Fsp3) is 0.812. The van der Waals surface area contributed by atoms with Gasteiger partial charge in [0.2, 0.25) is 0 Å². The van der Waals surface area contributed by atoms with E-state index in [1.54, 1.807) is 4.90 Å². The number of carbonyl (C=O) groups excluding carboxylic acids is 2. The fourth-order valence-corrected chi connectivity index (χ4v) is 2.01. The van der Waals surface area contributed by atoms with Crippen LogP contribution < -0.4 is 0 Å². The van der Waals surface area contributed by atoms with E-state index in [-0.39, 0.29) is 18.6 Å². The lowest BCUT2D eigenvalue weighted by molar-refractivity contribution is -0.152. The molecule has 1 rings (SSSR count). The van der Waals surface area contributed by atoms with Crippen molar-refractivity contribution in [1.29, 1.82) is 0 Å². The zero-order valence-corrected chi connectivity index (χ0v) is 14.6. The topological polar surface area (TPSA) is 68.2 Å². The minimum atomic E-state index is -0.512. The van der Waals surface area contributed by atoms with Crippen LogP contribution in [0.4, 0.5) is 4.79 Å². The molecule has 0 atom stereocenters. The third-order valence-corrected chi connectivity index (χ3v) is 2.77. The van der Waals surface area contributed by atoms with E-state index >= 15 is 0 Å². The van der Waals surface area contributed by atoms with E-state index in [0.717, 1.165) is 18.6 Å². The molecule has 22 heavy (non-hydrogen) atoms. The van der Waals surface area contributed by atoms with Gasteiger partial charge in [-0.25, -0.2) is 4.79 Å². The van der Waals surface area contributed by atoms with E-state index in [1.165, 1.54) is 0 Å².